The van der Waals surface area contributed by atoms with Gasteiger partial charge in [0.25, 0.3) is 5.91 Å². The summed E-state index contributed by atoms with van der Waals surface area (Å²) in [6.45, 7) is 1.58. The number of carbonyl (C=O) groups is 2. The molecular formula is C22H18ClN3O4. The second kappa shape index (κ2) is 7.68. The molecule has 0 bridgehead atoms. The molecule has 4 aromatic rings. The van der Waals surface area contributed by atoms with E-state index >= 15 is 0 Å². The van der Waals surface area contributed by atoms with Crippen molar-refractivity contribution in [2.45, 2.75) is 13.5 Å². The van der Waals surface area contributed by atoms with Gasteiger partial charge in [-0.2, -0.15) is 0 Å². The molecule has 2 aromatic heterocycles. The van der Waals surface area contributed by atoms with Gasteiger partial charge in [0.1, 0.15) is 18.1 Å². The number of aliphatic carboxylic acids is 1. The Balaban J connectivity index is 1.98. The number of carboxylic acid groups (broad SMARTS) is 1. The quantitative estimate of drug-likeness (QED) is 0.518. The van der Waals surface area contributed by atoms with Crippen LogP contribution in [0.1, 0.15) is 16.1 Å². The van der Waals surface area contributed by atoms with E-state index < -0.39 is 5.97 Å². The van der Waals surface area contributed by atoms with E-state index in [1.807, 2.05) is 19.1 Å². The Labute approximate surface area is 177 Å². The lowest BCUT2D eigenvalue weighted by Gasteiger charge is -2.08. The standard InChI is InChI=1S/C22H18ClN3O4/c1-13-20(21-24-9-10-25(21)12-19(27)28)17-11-16(30-2)7-8-18(17)26(13)22(29)14-3-5-15(23)6-4-14/h3-11H,12H2,1-2H3,(H,27,28). The first-order valence-electron chi connectivity index (χ1n) is 9.13. The van der Waals surface area contributed by atoms with Crippen LogP contribution in [0.3, 0.4) is 0 Å². The van der Waals surface area contributed by atoms with Crippen molar-refractivity contribution in [3.05, 3.63) is 71.1 Å². The topological polar surface area (TPSA) is 86.3 Å². The average molecular weight is 424 g/mol. The number of ether oxygens (including phenoxy) is 1. The van der Waals surface area contributed by atoms with Gasteiger partial charge in [0, 0.05) is 39.6 Å². The Morgan fingerprint density at radius 2 is 1.90 bits per heavy atom. The summed E-state index contributed by atoms with van der Waals surface area (Å²) >= 11 is 5.96. The second-order valence-corrected chi connectivity index (χ2v) is 7.20. The molecule has 0 saturated carbocycles. The molecule has 0 radical (unpaired) electrons. The van der Waals surface area contributed by atoms with Crippen LogP contribution < -0.4 is 4.74 Å². The number of methoxy groups -OCH3 is 1. The molecule has 152 valence electrons. The summed E-state index contributed by atoms with van der Waals surface area (Å²) in [5.41, 5.74) is 2.48. The highest BCUT2D eigenvalue weighted by molar-refractivity contribution is 6.30. The smallest absolute Gasteiger partial charge is 0.323 e. The zero-order valence-electron chi connectivity index (χ0n) is 16.3. The number of nitrogens with zero attached hydrogens (tertiary/aromatic N) is 3. The van der Waals surface area contributed by atoms with Crippen LogP contribution in [0, 0.1) is 6.92 Å². The fourth-order valence-electron chi connectivity index (χ4n) is 3.60. The van der Waals surface area contributed by atoms with Crippen LogP contribution in [-0.4, -0.2) is 38.2 Å². The van der Waals surface area contributed by atoms with E-state index in [2.05, 4.69) is 4.98 Å². The minimum Gasteiger partial charge on any atom is -0.497 e. The van der Waals surface area contributed by atoms with Crippen molar-refractivity contribution in [3.8, 4) is 17.1 Å². The molecule has 0 saturated heterocycles. The Kier molecular flexibility index (Phi) is 5.05. The molecule has 0 spiro atoms. The molecule has 4 rings (SSSR count). The van der Waals surface area contributed by atoms with Crippen molar-refractivity contribution in [3.63, 3.8) is 0 Å². The van der Waals surface area contributed by atoms with E-state index in [0.29, 0.717) is 38.9 Å². The highest BCUT2D eigenvalue weighted by Gasteiger charge is 2.24. The second-order valence-electron chi connectivity index (χ2n) is 6.76. The van der Waals surface area contributed by atoms with Crippen LogP contribution >= 0.6 is 11.6 Å². The van der Waals surface area contributed by atoms with Gasteiger partial charge >= 0.3 is 5.97 Å². The first kappa shape index (κ1) is 19.7. The molecule has 0 atom stereocenters. The fraction of sp³-hybridized carbons (Fsp3) is 0.136. The number of halogens is 1. The van der Waals surface area contributed by atoms with E-state index in [1.54, 1.807) is 59.0 Å². The van der Waals surface area contributed by atoms with Gasteiger partial charge in [-0.1, -0.05) is 11.6 Å². The zero-order chi connectivity index (χ0) is 21.4. The monoisotopic (exact) mass is 423 g/mol. The molecule has 7 nitrogen and oxygen atoms in total. The Hall–Kier alpha value is -3.58. The molecule has 0 aliphatic rings. The molecule has 1 N–H and O–H groups in total. The molecule has 30 heavy (non-hydrogen) atoms. The van der Waals surface area contributed by atoms with E-state index in [1.165, 1.54) is 0 Å². The number of benzene rings is 2. The van der Waals surface area contributed by atoms with Gasteiger partial charge in [0.2, 0.25) is 0 Å². The largest absolute Gasteiger partial charge is 0.497 e. The van der Waals surface area contributed by atoms with Gasteiger partial charge in [-0.25, -0.2) is 4.98 Å². The van der Waals surface area contributed by atoms with Gasteiger partial charge < -0.3 is 14.4 Å². The number of carboxylic acids is 1. The lowest BCUT2D eigenvalue weighted by molar-refractivity contribution is -0.137. The van der Waals surface area contributed by atoms with Gasteiger partial charge in [-0.3, -0.25) is 14.2 Å². The van der Waals surface area contributed by atoms with Crippen LogP contribution in [0.15, 0.2) is 54.9 Å². The predicted molar refractivity (Wildman–Crippen MR) is 113 cm³/mol. The van der Waals surface area contributed by atoms with Crippen LogP contribution in [0.4, 0.5) is 0 Å². The van der Waals surface area contributed by atoms with Gasteiger partial charge in [-0.05, 0) is 49.4 Å². The Morgan fingerprint density at radius 1 is 1.17 bits per heavy atom. The number of rotatable bonds is 5. The molecule has 0 aliphatic carbocycles. The lowest BCUT2D eigenvalue weighted by Crippen LogP contribution is -2.14. The highest BCUT2D eigenvalue weighted by Crippen LogP contribution is 2.36. The summed E-state index contributed by atoms with van der Waals surface area (Å²) in [7, 11) is 1.56. The first-order valence-corrected chi connectivity index (χ1v) is 9.51. The summed E-state index contributed by atoms with van der Waals surface area (Å²) in [5.74, 6) is -0.112. The Bertz CT molecular complexity index is 1270. The third-order valence-corrected chi connectivity index (χ3v) is 5.20. The van der Waals surface area contributed by atoms with Crippen molar-refractivity contribution < 1.29 is 19.4 Å². The van der Waals surface area contributed by atoms with Crippen molar-refractivity contribution in [2.24, 2.45) is 0 Å². The third-order valence-electron chi connectivity index (χ3n) is 4.95. The molecule has 0 fully saturated rings. The van der Waals surface area contributed by atoms with E-state index in [4.69, 9.17) is 16.3 Å². The molecule has 0 amide bonds. The molecule has 2 heterocycles. The van der Waals surface area contributed by atoms with E-state index in [9.17, 15) is 14.7 Å². The molecular weight excluding hydrogens is 406 g/mol. The molecule has 0 unspecified atom stereocenters. The maximum Gasteiger partial charge on any atom is 0.323 e. The molecule has 0 aliphatic heterocycles. The van der Waals surface area contributed by atoms with Crippen molar-refractivity contribution in [1.82, 2.24) is 14.1 Å². The zero-order valence-corrected chi connectivity index (χ0v) is 17.1. The van der Waals surface area contributed by atoms with Crippen LogP contribution in [0.5, 0.6) is 5.75 Å². The number of fused-ring (bicyclic) bond motifs is 1. The SMILES string of the molecule is COc1ccc2c(c1)c(-c1nccn1CC(=O)O)c(C)n2C(=O)c1ccc(Cl)cc1. The van der Waals surface area contributed by atoms with Crippen molar-refractivity contribution in [1.29, 1.82) is 0 Å². The summed E-state index contributed by atoms with van der Waals surface area (Å²) in [4.78, 5) is 29.0. The average Bonchev–Trinajstić information content (AvgIpc) is 3.27. The predicted octanol–water partition coefficient (Wildman–Crippen LogP) is 4.25. The molecule has 8 heteroatoms. The summed E-state index contributed by atoms with van der Waals surface area (Å²) in [6.07, 6.45) is 3.15. The minimum absolute atomic E-state index is 0.220. The molecule has 2 aromatic carbocycles. The van der Waals surface area contributed by atoms with Crippen LogP contribution in [-0.2, 0) is 11.3 Å². The number of aromatic nitrogens is 3. The van der Waals surface area contributed by atoms with Crippen LogP contribution in [0.25, 0.3) is 22.3 Å². The van der Waals surface area contributed by atoms with E-state index in [0.717, 1.165) is 5.39 Å². The van der Waals surface area contributed by atoms with E-state index in [-0.39, 0.29) is 12.5 Å². The highest BCUT2D eigenvalue weighted by atomic mass is 35.5. The Morgan fingerprint density at radius 3 is 2.57 bits per heavy atom. The summed E-state index contributed by atoms with van der Waals surface area (Å²) in [5, 5.41) is 10.5. The van der Waals surface area contributed by atoms with Gasteiger partial charge in [0.05, 0.1) is 12.6 Å². The summed E-state index contributed by atoms with van der Waals surface area (Å²) < 4.78 is 8.51. The normalized spacial score (nSPS) is 11.0. The van der Waals surface area contributed by atoms with Crippen LogP contribution in [0.2, 0.25) is 5.02 Å². The maximum absolute atomic E-state index is 13.4. The van der Waals surface area contributed by atoms with Gasteiger partial charge in [0.15, 0.2) is 0 Å². The first-order chi connectivity index (χ1) is 14.4. The maximum atomic E-state index is 13.4. The van der Waals surface area contributed by atoms with Crippen molar-refractivity contribution >= 4 is 34.4 Å². The number of carbonyl (C=O) groups excluding carboxylic acids is 1. The number of hydrogen-bond donors (Lipinski definition) is 1. The third kappa shape index (κ3) is 3.33. The summed E-state index contributed by atoms with van der Waals surface area (Å²) in [6, 6.07) is 12.1. The number of imidazole rings is 1. The van der Waals surface area contributed by atoms with Gasteiger partial charge in [-0.15, -0.1) is 0 Å². The number of hydrogen-bond acceptors (Lipinski definition) is 4. The lowest BCUT2D eigenvalue weighted by atomic mass is 10.1. The fourth-order valence-corrected chi connectivity index (χ4v) is 3.73. The van der Waals surface area contributed by atoms with Crippen molar-refractivity contribution in [2.75, 3.05) is 7.11 Å². The minimum atomic E-state index is -0.981.